The fourth-order valence-corrected chi connectivity index (χ4v) is 2.08. The van der Waals surface area contributed by atoms with E-state index in [0.717, 1.165) is 24.0 Å². The lowest BCUT2D eigenvalue weighted by Crippen LogP contribution is -2.23. The van der Waals surface area contributed by atoms with E-state index < -0.39 is 0 Å². The van der Waals surface area contributed by atoms with Crippen molar-refractivity contribution in [3.05, 3.63) is 12.2 Å². The van der Waals surface area contributed by atoms with Gasteiger partial charge in [0.25, 0.3) is 0 Å². The van der Waals surface area contributed by atoms with Crippen molar-refractivity contribution in [2.45, 2.75) is 46.6 Å². The molecule has 4 heteroatoms. The lowest BCUT2D eigenvalue weighted by atomic mass is 9.86. The molecule has 0 amide bonds. The number of nitrogens with zero attached hydrogens (tertiary/aromatic N) is 3. The number of halogens is 1. The Morgan fingerprint density at radius 1 is 1.53 bits per heavy atom. The van der Waals surface area contributed by atoms with Gasteiger partial charge in [0, 0.05) is 17.8 Å². The van der Waals surface area contributed by atoms with Gasteiger partial charge in [-0.3, -0.25) is 0 Å². The van der Waals surface area contributed by atoms with Crippen molar-refractivity contribution in [3.8, 4) is 0 Å². The van der Waals surface area contributed by atoms with Crippen LogP contribution in [0.5, 0.6) is 0 Å². The molecule has 0 aliphatic heterocycles. The molecule has 1 rings (SSSR count). The van der Waals surface area contributed by atoms with E-state index in [2.05, 4.69) is 53.7 Å². The van der Waals surface area contributed by atoms with Crippen molar-refractivity contribution in [1.29, 1.82) is 0 Å². The SMILES string of the molecule is CCC(C)(CBr)Cc1ncnn1C(C)C. The van der Waals surface area contributed by atoms with Gasteiger partial charge in [-0.05, 0) is 25.7 Å². The summed E-state index contributed by atoms with van der Waals surface area (Å²) in [5.41, 5.74) is 0.277. The topological polar surface area (TPSA) is 30.7 Å². The molecular weight excluding hydrogens is 254 g/mol. The molecule has 1 aromatic heterocycles. The first-order chi connectivity index (χ1) is 7.02. The molecule has 1 unspecified atom stereocenters. The van der Waals surface area contributed by atoms with Crippen LogP contribution in [0.4, 0.5) is 0 Å². The second-order valence-electron chi connectivity index (χ2n) is 4.69. The Balaban J connectivity index is 2.84. The average molecular weight is 274 g/mol. The molecule has 0 radical (unpaired) electrons. The summed E-state index contributed by atoms with van der Waals surface area (Å²) in [5, 5.41) is 5.26. The quantitative estimate of drug-likeness (QED) is 0.772. The maximum Gasteiger partial charge on any atom is 0.138 e. The van der Waals surface area contributed by atoms with E-state index in [4.69, 9.17) is 0 Å². The maximum absolute atomic E-state index is 4.35. The van der Waals surface area contributed by atoms with Crippen molar-refractivity contribution >= 4 is 15.9 Å². The van der Waals surface area contributed by atoms with Crippen LogP contribution < -0.4 is 0 Å². The van der Waals surface area contributed by atoms with Gasteiger partial charge in [0.15, 0.2) is 0 Å². The summed E-state index contributed by atoms with van der Waals surface area (Å²) in [7, 11) is 0. The maximum atomic E-state index is 4.35. The number of alkyl halides is 1. The summed E-state index contributed by atoms with van der Waals surface area (Å²) >= 11 is 3.58. The van der Waals surface area contributed by atoms with E-state index in [0.29, 0.717) is 6.04 Å². The zero-order chi connectivity index (χ0) is 11.5. The summed E-state index contributed by atoms with van der Waals surface area (Å²) < 4.78 is 2.01. The van der Waals surface area contributed by atoms with E-state index in [1.54, 1.807) is 6.33 Å². The summed E-state index contributed by atoms with van der Waals surface area (Å²) in [4.78, 5) is 4.35. The van der Waals surface area contributed by atoms with Crippen LogP contribution in [0.15, 0.2) is 6.33 Å². The number of aromatic nitrogens is 3. The second kappa shape index (κ2) is 5.10. The smallest absolute Gasteiger partial charge is 0.138 e. The number of rotatable bonds is 5. The molecule has 1 heterocycles. The first-order valence-electron chi connectivity index (χ1n) is 5.47. The highest BCUT2D eigenvalue weighted by molar-refractivity contribution is 9.09. The summed E-state index contributed by atoms with van der Waals surface area (Å²) in [6.07, 6.45) is 3.77. The van der Waals surface area contributed by atoms with Gasteiger partial charge in [-0.1, -0.05) is 29.8 Å². The highest BCUT2D eigenvalue weighted by Gasteiger charge is 2.24. The van der Waals surface area contributed by atoms with E-state index in [1.165, 1.54) is 0 Å². The fraction of sp³-hybridized carbons (Fsp3) is 0.818. The molecule has 1 aromatic rings. The Morgan fingerprint density at radius 2 is 2.20 bits per heavy atom. The van der Waals surface area contributed by atoms with Gasteiger partial charge in [0.05, 0.1) is 0 Å². The molecule has 0 saturated carbocycles. The van der Waals surface area contributed by atoms with Crippen molar-refractivity contribution in [1.82, 2.24) is 14.8 Å². The Hall–Kier alpha value is -0.380. The predicted molar refractivity (Wildman–Crippen MR) is 66.3 cm³/mol. The average Bonchev–Trinajstić information content (AvgIpc) is 2.65. The molecule has 86 valence electrons. The van der Waals surface area contributed by atoms with Crippen LogP contribution in [-0.2, 0) is 6.42 Å². The minimum absolute atomic E-state index is 0.277. The van der Waals surface area contributed by atoms with E-state index in [1.807, 2.05) is 4.68 Å². The molecule has 3 nitrogen and oxygen atoms in total. The number of hydrogen-bond donors (Lipinski definition) is 0. The molecule has 0 N–H and O–H groups in total. The molecule has 0 aliphatic rings. The van der Waals surface area contributed by atoms with Gasteiger partial charge in [0.1, 0.15) is 12.2 Å². The lowest BCUT2D eigenvalue weighted by Gasteiger charge is -2.25. The normalized spacial score (nSPS) is 15.6. The van der Waals surface area contributed by atoms with Crippen molar-refractivity contribution in [3.63, 3.8) is 0 Å². The summed E-state index contributed by atoms with van der Waals surface area (Å²) in [6.45, 7) is 8.77. The monoisotopic (exact) mass is 273 g/mol. The highest BCUT2D eigenvalue weighted by atomic mass is 79.9. The standard InChI is InChI=1S/C11H20BrN3/c1-5-11(4,7-12)6-10-13-8-14-15(10)9(2)3/h8-9H,5-7H2,1-4H3. The van der Waals surface area contributed by atoms with E-state index >= 15 is 0 Å². The Bertz CT molecular complexity index is 303. The van der Waals surface area contributed by atoms with Crippen LogP contribution in [0.3, 0.4) is 0 Å². The number of hydrogen-bond acceptors (Lipinski definition) is 2. The highest BCUT2D eigenvalue weighted by Crippen LogP contribution is 2.28. The lowest BCUT2D eigenvalue weighted by molar-refractivity contribution is 0.338. The molecule has 0 spiro atoms. The zero-order valence-corrected chi connectivity index (χ0v) is 11.6. The van der Waals surface area contributed by atoms with Crippen LogP contribution in [-0.4, -0.2) is 20.1 Å². The Labute approximate surface area is 100 Å². The molecule has 0 bridgehead atoms. The third-order valence-electron chi connectivity index (χ3n) is 2.90. The van der Waals surface area contributed by atoms with Gasteiger partial charge < -0.3 is 0 Å². The third-order valence-corrected chi connectivity index (χ3v) is 4.25. The van der Waals surface area contributed by atoms with Gasteiger partial charge in [-0.15, -0.1) is 0 Å². The van der Waals surface area contributed by atoms with Gasteiger partial charge in [0.2, 0.25) is 0 Å². The molecule has 1 atom stereocenters. The first-order valence-corrected chi connectivity index (χ1v) is 6.59. The first kappa shape index (κ1) is 12.7. The van der Waals surface area contributed by atoms with Crippen LogP contribution >= 0.6 is 15.9 Å². The second-order valence-corrected chi connectivity index (χ2v) is 5.25. The molecule has 15 heavy (non-hydrogen) atoms. The Kier molecular flexibility index (Phi) is 4.32. The van der Waals surface area contributed by atoms with Gasteiger partial charge in [-0.2, -0.15) is 5.10 Å². The van der Waals surface area contributed by atoms with E-state index in [9.17, 15) is 0 Å². The van der Waals surface area contributed by atoms with Crippen LogP contribution in [0.1, 0.15) is 46.0 Å². The fourth-order valence-electron chi connectivity index (χ4n) is 1.48. The van der Waals surface area contributed by atoms with Crippen molar-refractivity contribution in [2.75, 3.05) is 5.33 Å². The van der Waals surface area contributed by atoms with Crippen molar-refractivity contribution in [2.24, 2.45) is 5.41 Å². The largest absolute Gasteiger partial charge is 0.248 e. The summed E-state index contributed by atoms with van der Waals surface area (Å²) in [5.74, 6) is 1.09. The molecular formula is C11H20BrN3. The van der Waals surface area contributed by atoms with Gasteiger partial charge in [-0.25, -0.2) is 9.67 Å². The molecule has 0 aliphatic carbocycles. The van der Waals surface area contributed by atoms with Crippen molar-refractivity contribution < 1.29 is 0 Å². The predicted octanol–water partition coefficient (Wildman–Crippen LogP) is 3.21. The molecule has 0 fully saturated rings. The third kappa shape index (κ3) is 3.03. The zero-order valence-electron chi connectivity index (χ0n) is 10.00. The van der Waals surface area contributed by atoms with Gasteiger partial charge >= 0.3 is 0 Å². The Morgan fingerprint density at radius 3 is 2.67 bits per heavy atom. The minimum atomic E-state index is 0.277. The van der Waals surface area contributed by atoms with Crippen LogP contribution in [0.25, 0.3) is 0 Å². The summed E-state index contributed by atoms with van der Waals surface area (Å²) in [6, 6.07) is 0.388. The van der Waals surface area contributed by atoms with Crippen LogP contribution in [0.2, 0.25) is 0 Å². The van der Waals surface area contributed by atoms with E-state index in [-0.39, 0.29) is 5.41 Å². The minimum Gasteiger partial charge on any atom is -0.248 e. The molecule has 0 aromatic carbocycles. The van der Waals surface area contributed by atoms with Crippen LogP contribution in [0, 0.1) is 5.41 Å². The molecule has 0 saturated heterocycles.